The van der Waals surface area contributed by atoms with Crippen molar-refractivity contribution in [3.8, 4) is 0 Å². The predicted octanol–water partition coefficient (Wildman–Crippen LogP) is 1.35. The quantitative estimate of drug-likeness (QED) is 0.619. The highest BCUT2D eigenvalue weighted by Gasteiger charge is 2.33. The molecule has 13 heavy (non-hydrogen) atoms. The van der Waals surface area contributed by atoms with Gasteiger partial charge in [-0.25, -0.2) is 0 Å². The summed E-state index contributed by atoms with van der Waals surface area (Å²) in [5.74, 6) is 0.170. The average molecular weight is 184 g/mol. The summed E-state index contributed by atoms with van der Waals surface area (Å²) in [5.41, 5.74) is -0.0914. The molecule has 0 aromatic heterocycles. The second kappa shape index (κ2) is 4.51. The van der Waals surface area contributed by atoms with Crippen molar-refractivity contribution >= 4 is 12.1 Å². The molecule has 0 bridgehead atoms. The van der Waals surface area contributed by atoms with Gasteiger partial charge in [0.1, 0.15) is 12.1 Å². The molecule has 74 valence electrons. The van der Waals surface area contributed by atoms with Crippen LogP contribution in [0.15, 0.2) is 0 Å². The van der Waals surface area contributed by atoms with E-state index in [1.807, 2.05) is 0 Å². The molecule has 3 nitrogen and oxygen atoms in total. The van der Waals surface area contributed by atoms with E-state index in [1.165, 1.54) is 0 Å². The van der Waals surface area contributed by atoms with Gasteiger partial charge in [-0.15, -0.1) is 0 Å². The third-order valence-electron chi connectivity index (χ3n) is 2.69. The minimum atomic E-state index is -0.0914. The second-order valence-electron chi connectivity index (χ2n) is 3.86. The molecule has 1 aliphatic rings. The van der Waals surface area contributed by atoms with Gasteiger partial charge in [-0.3, -0.25) is 0 Å². The van der Waals surface area contributed by atoms with Crippen LogP contribution in [0.1, 0.15) is 32.6 Å². The summed E-state index contributed by atoms with van der Waals surface area (Å²) in [5, 5.41) is 0. The van der Waals surface area contributed by atoms with E-state index in [0.717, 1.165) is 19.1 Å². The zero-order valence-corrected chi connectivity index (χ0v) is 8.04. The van der Waals surface area contributed by atoms with Crippen LogP contribution in [-0.4, -0.2) is 25.3 Å². The number of ketones is 1. The van der Waals surface area contributed by atoms with E-state index in [0.29, 0.717) is 26.1 Å². The lowest BCUT2D eigenvalue weighted by Gasteiger charge is -2.34. The number of hydrogen-bond donors (Lipinski definition) is 0. The lowest BCUT2D eigenvalue weighted by atomic mass is 9.74. The Hall–Kier alpha value is -0.700. The van der Waals surface area contributed by atoms with Gasteiger partial charge in [0.05, 0.1) is 0 Å². The largest absolute Gasteiger partial charge is 0.381 e. The summed E-state index contributed by atoms with van der Waals surface area (Å²) >= 11 is 0. The Balaban J connectivity index is 2.60. The Bertz CT molecular complexity index is 192. The Morgan fingerprint density at radius 1 is 1.46 bits per heavy atom. The maximum Gasteiger partial charge on any atom is 0.130 e. The van der Waals surface area contributed by atoms with E-state index in [2.05, 4.69) is 0 Å². The summed E-state index contributed by atoms with van der Waals surface area (Å²) in [6.07, 6.45) is 3.62. The van der Waals surface area contributed by atoms with Crippen molar-refractivity contribution in [1.82, 2.24) is 0 Å². The summed E-state index contributed by atoms with van der Waals surface area (Å²) in [6.45, 7) is 2.95. The van der Waals surface area contributed by atoms with E-state index < -0.39 is 0 Å². The lowest BCUT2D eigenvalue weighted by Crippen LogP contribution is -2.31. The third kappa shape index (κ3) is 2.92. The van der Waals surface area contributed by atoms with Gasteiger partial charge in [0.2, 0.25) is 0 Å². The van der Waals surface area contributed by atoms with Crippen molar-refractivity contribution in [3.05, 3.63) is 0 Å². The SMILES string of the molecule is CC(=O)CC1(CC=O)CCOCC1. The monoisotopic (exact) mass is 184 g/mol. The highest BCUT2D eigenvalue weighted by molar-refractivity contribution is 5.76. The fourth-order valence-electron chi connectivity index (χ4n) is 1.96. The van der Waals surface area contributed by atoms with Crippen LogP contribution < -0.4 is 0 Å². The molecule has 0 saturated carbocycles. The summed E-state index contributed by atoms with van der Waals surface area (Å²) in [6, 6.07) is 0. The van der Waals surface area contributed by atoms with Gasteiger partial charge in [0.25, 0.3) is 0 Å². The number of aldehydes is 1. The van der Waals surface area contributed by atoms with Crippen LogP contribution in [0.4, 0.5) is 0 Å². The maximum atomic E-state index is 11.0. The second-order valence-corrected chi connectivity index (χ2v) is 3.86. The van der Waals surface area contributed by atoms with Crippen LogP contribution in [0.5, 0.6) is 0 Å². The van der Waals surface area contributed by atoms with Crippen molar-refractivity contribution in [3.63, 3.8) is 0 Å². The zero-order chi connectivity index (χ0) is 9.73. The summed E-state index contributed by atoms with van der Waals surface area (Å²) < 4.78 is 5.23. The van der Waals surface area contributed by atoms with Crippen molar-refractivity contribution in [2.45, 2.75) is 32.6 Å². The smallest absolute Gasteiger partial charge is 0.130 e. The Kier molecular flexibility index (Phi) is 3.60. The van der Waals surface area contributed by atoms with Crippen LogP contribution in [0.3, 0.4) is 0 Å². The van der Waals surface area contributed by atoms with Gasteiger partial charge in [0, 0.05) is 26.1 Å². The normalized spacial score (nSPS) is 21.0. The predicted molar refractivity (Wildman–Crippen MR) is 48.5 cm³/mol. The number of Topliss-reactive ketones (excluding diaryl/α,β-unsaturated/α-hetero) is 1. The highest BCUT2D eigenvalue weighted by Crippen LogP contribution is 2.36. The molecule has 1 fully saturated rings. The molecule has 1 aliphatic heterocycles. The molecule has 0 atom stereocenters. The van der Waals surface area contributed by atoms with Crippen LogP contribution in [0, 0.1) is 5.41 Å². The fourth-order valence-corrected chi connectivity index (χ4v) is 1.96. The van der Waals surface area contributed by atoms with Gasteiger partial charge >= 0.3 is 0 Å². The van der Waals surface area contributed by atoms with Crippen LogP contribution >= 0.6 is 0 Å². The van der Waals surface area contributed by atoms with E-state index in [4.69, 9.17) is 4.74 Å². The number of carbonyl (C=O) groups excluding carboxylic acids is 2. The van der Waals surface area contributed by atoms with Crippen molar-refractivity contribution in [2.24, 2.45) is 5.41 Å². The standard InChI is InChI=1S/C10H16O3/c1-9(12)8-10(2-5-11)3-6-13-7-4-10/h5H,2-4,6-8H2,1H3. The highest BCUT2D eigenvalue weighted by atomic mass is 16.5. The molecule has 0 N–H and O–H groups in total. The maximum absolute atomic E-state index is 11.0. The topological polar surface area (TPSA) is 43.4 Å². The van der Waals surface area contributed by atoms with Gasteiger partial charge in [-0.1, -0.05) is 0 Å². The van der Waals surface area contributed by atoms with Crippen LogP contribution in [0.2, 0.25) is 0 Å². The van der Waals surface area contributed by atoms with Crippen LogP contribution in [-0.2, 0) is 14.3 Å². The van der Waals surface area contributed by atoms with Crippen molar-refractivity contribution < 1.29 is 14.3 Å². The first kappa shape index (κ1) is 10.4. The molecule has 0 aliphatic carbocycles. The van der Waals surface area contributed by atoms with Crippen molar-refractivity contribution in [2.75, 3.05) is 13.2 Å². The van der Waals surface area contributed by atoms with Crippen LogP contribution in [0.25, 0.3) is 0 Å². The Labute approximate surface area is 78.5 Å². The number of hydrogen-bond acceptors (Lipinski definition) is 3. The lowest BCUT2D eigenvalue weighted by molar-refractivity contribution is -0.122. The van der Waals surface area contributed by atoms with E-state index in [1.54, 1.807) is 6.92 Å². The Morgan fingerprint density at radius 2 is 2.08 bits per heavy atom. The first-order valence-electron chi connectivity index (χ1n) is 4.69. The van der Waals surface area contributed by atoms with E-state index in [-0.39, 0.29) is 11.2 Å². The first-order valence-corrected chi connectivity index (χ1v) is 4.69. The number of carbonyl (C=O) groups is 2. The fraction of sp³-hybridized carbons (Fsp3) is 0.800. The Morgan fingerprint density at radius 3 is 2.54 bits per heavy atom. The molecule has 0 radical (unpaired) electrons. The molecule has 0 unspecified atom stereocenters. The van der Waals surface area contributed by atoms with E-state index >= 15 is 0 Å². The number of ether oxygens (including phenoxy) is 1. The van der Waals surface area contributed by atoms with Gasteiger partial charge in [0.15, 0.2) is 0 Å². The molecule has 3 heteroatoms. The molecule has 1 saturated heterocycles. The molecule has 1 heterocycles. The molecule has 0 aromatic carbocycles. The van der Waals surface area contributed by atoms with E-state index in [9.17, 15) is 9.59 Å². The molecular weight excluding hydrogens is 168 g/mol. The van der Waals surface area contributed by atoms with Gasteiger partial charge in [-0.2, -0.15) is 0 Å². The molecule has 0 amide bonds. The minimum absolute atomic E-state index is 0.0914. The van der Waals surface area contributed by atoms with Gasteiger partial charge < -0.3 is 14.3 Å². The molecule has 0 spiro atoms. The summed E-state index contributed by atoms with van der Waals surface area (Å²) in [7, 11) is 0. The molecular formula is C10H16O3. The molecule has 0 aromatic rings. The third-order valence-corrected chi connectivity index (χ3v) is 2.69. The molecule has 1 rings (SSSR count). The minimum Gasteiger partial charge on any atom is -0.381 e. The number of rotatable bonds is 4. The van der Waals surface area contributed by atoms with Crippen molar-refractivity contribution in [1.29, 1.82) is 0 Å². The first-order chi connectivity index (χ1) is 6.18. The summed E-state index contributed by atoms with van der Waals surface area (Å²) in [4.78, 5) is 21.5. The average Bonchev–Trinajstić information content (AvgIpc) is 2.04. The zero-order valence-electron chi connectivity index (χ0n) is 8.04. The van der Waals surface area contributed by atoms with Gasteiger partial charge in [-0.05, 0) is 25.2 Å².